The number of imidazole rings is 1. The van der Waals surface area contributed by atoms with Crippen LogP contribution in [0.3, 0.4) is 0 Å². The maximum Gasteiger partial charge on any atom is 0.489 e. The Bertz CT molecular complexity index is 1410. The molecule has 5 rings (SSSR count). The first kappa shape index (κ1) is 25.9. The number of carbonyl (C=O) groups excluding carboxylic acids is 1. The summed E-state index contributed by atoms with van der Waals surface area (Å²) >= 11 is 0. The van der Waals surface area contributed by atoms with Crippen molar-refractivity contribution in [3.8, 4) is 17.1 Å². The van der Waals surface area contributed by atoms with Gasteiger partial charge in [0.25, 0.3) is 0 Å². The molecule has 1 amide bonds. The number of hydrogen-bond donors (Lipinski definition) is 1. The second kappa shape index (κ2) is 9.25. The molecule has 202 valence electrons. The summed E-state index contributed by atoms with van der Waals surface area (Å²) in [6.07, 6.45) is -0.431. The van der Waals surface area contributed by atoms with Crippen molar-refractivity contribution in [3.05, 3.63) is 53.0 Å². The monoisotopic (exact) mass is 532 g/mol. The van der Waals surface area contributed by atoms with Crippen LogP contribution in [0.25, 0.3) is 11.3 Å². The van der Waals surface area contributed by atoms with E-state index in [1.54, 1.807) is 18.7 Å². The summed E-state index contributed by atoms with van der Waals surface area (Å²) in [7, 11) is 1.43. The number of alkyl halides is 3. The maximum absolute atomic E-state index is 14.4. The maximum atomic E-state index is 14.4. The van der Waals surface area contributed by atoms with Crippen LogP contribution in [0.4, 0.5) is 23.4 Å². The van der Waals surface area contributed by atoms with Crippen molar-refractivity contribution in [2.24, 2.45) is 0 Å². The smallest absolute Gasteiger partial charge is 0.481 e. The minimum absolute atomic E-state index is 0.142. The molecule has 3 aromatic heterocycles. The number of carbonyl (C=O) groups is 1. The minimum Gasteiger partial charge on any atom is -0.481 e. The number of rotatable bonds is 4. The van der Waals surface area contributed by atoms with Gasteiger partial charge in [0.15, 0.2) is 0 Å². The second-order valence-corrected chi connectivity index (χ2v) is 10.0. The van der Waals surface area contributed by atoms with Gasteiger partial charge in [-0.1, -0.05) is 0 Å². The molecule has 2 aliphatic heterocycles. The Morgan fingerprint density at radius 2 is 1.97 bits per heavy atom. The van der Waals surface area contributed by atoms with E-state index in [2.05, 4.69) is 20.3 Å². The van der Waals surface area contributed by atoms with E-state index in [1.165, 1.54) is 20.1 Å². The van der Waals surface area contributed by atoms with Crippen molar-refractivity contribution < 1.29 is 27.1 Å². The molecular formula is C26H28F4N6O2. The first-order valence-corrected chi connectivity index (χ1v) is 12.3. The molecule has 0 aliphatic carbocycles. The van der Waals surface area contributed by atoms with Gasteiger partial charge >= 0.3 is 6.30 Å². The molecular weight excluding hydrogens is 504 g/mol. The third-order valence-electron chi connectivity index (χ3n) is 7.55. The van der Waals surface area contributed by atoms with Gasteiger partial charge < -0.3 is 15.0 Å². The van der Waals surface area contributed by atoms with Crippen LogP contribution in [-0.2, 0) is 17.5 Å². The Balaban J connectivity index is 1.34. The van der Waals surface area contributed by atoms with Crippen LogP contribution < -0.4 is 10.1 Å². The van der Waals surface area contributed by atoms with Crippen molar-refractivity contribution in [1.82, 2.24) is 24.4 Å². The molecule has 1 spiro atoms. The van der Waals surface area contributed by atoms with E-state index in [4.69, 9.17) is 4.74 Å². The van der Waals surface area contributed by atoms with E-state index in [1.807, 2.05) is 6.07 Å². The second-order valence-electron chi connectivity index (χ2n) is 10.0. The van der Waals surface area contributed by atoms with Crippen LogP contribution in [0.1, 0.15) is 48.3 Å². The Kier molecular flexibility index (Phi) is 6.31. The molecule has 3 aromatic rings. The highest BCUT2D eigenvalue weighted by Gasteiger charge is 2.43. The largest absolute Gasteiger partial charge is 0.489 e. The van der Waals surface area contributed by atoms with Crippen LogP contribution in [0.15, 0.2) is 24.5 Å². The summed E-state index contributed by atoms with van der Waals surface area (Å²) in [5.41, 5.74) is 2.07. The zero-order valence-corrected chi connectivity index (χ0v) is 21.5. The number of halogens is 4. The SMILES string of the molecule is COc1cc([C@@H](C)C(=O)N2CC[C@@]3(CCc4cc(-c5cn(C(F)(F)F)c(C)n5)c(C)nc4N3)C2)c(F)cn1. The molecule has 8 nitrogen and oxygen atoms in total. The highest BCUT2D eigenvalue weighted by molar-refractivity contribution is 5.84. The minimum atomic E-state index is -4.54. The third-order valence-corrected chi connectivity index (χ3v) is 7.55. The Hall–Kier alpha value is -3.70. The van der Waals surface area contributed by atoms with E-state index in [0.29, 0.717) is 43.0 Å². The van der Waals surface area contributed by atoms with Crippen LogP contribution in [0, 0.1) is 19.7 Å². The zero-order valence-electron chi connectivity index (χ0n) is 21.5. The number of likely N-dealkylation sites (tertiary alicyclic amines) is 1. The van der Waals surface area contributed by atoms with Crippen molar-refractivity contribution >= 4 is 11.7 Å². The van der Waals surface area contributed by atoms with Gasteiger partial charge in [0.05, 0.1) is 30.5 Å². The predicted octanol–water partition coefficient (Wildman–Crippen LogP) is 4.71. The molecule has 2 aliphatic rings. The van der Waals surface area contributed by atoms with Gasteiger partial charge in [-0.3, -0.25) is 4.79 Å². The van der Waals surface area contributed by atoms with Crippen LogP contribution >= 0.6 is 0 Å². The number of pyridine rings is 2. The summed E-state index contributed by atoms with van der Waals surface area (Å²) in [5.74, 6) is -0.687. The highest BCUT2D eigenvalue weighted by Crippen LogP contribution is 2.39. The van der Waals surface area contributed by atoms with Gasteiger partial charge in [0.2, 0.25) is 11.8 Å². The van der Waals surface area contributed by atoms with Gasteiger partial charge in [0.1, 0.15) is 17.5 Å². The van der Waals surface area contributed by atoms with Gasteiger partial charge in [-0.2, -0.15) is 0 Å². The van der Waals surface area contributed by atoms with Crippen LogP contribution in [0.5, 0.6) is 5.88 Å². The molecule has 2 atom stereocenters. The quantitative estimate of drug-likeness (QED) is 0.490. The zero-order chi connectivity index (χ0) is 27.4. The van der Waals surface area contributed by atoms with E-state index in [-0.39, 0.29) is 39.0 Å². The van der Waals surface area contributed by atoms with Crippen LogP contribution in [-0.4, -0.2) is 56.1 Å². The number of methoxy groups -OCH3 is 1. The molecule has 38 heavy (non-hydrogen) atoms. The standard InChI is InChI=1S/C26H28F4N6O2/c1-14(18-10-22(38-4)31-11-20(18)27)24(37)35-8-7-25(13-35)6-5-17-9-19(15(2)32-23(17)34-25)21-12-36(16(3)33-21)26(28,29)30/h9-12,14H,5-8,13H2,1-4H3,(H,32,34)/t14-,25+/m1/s1. The normalized spacial score (nSPS) is 19.8. The van der Waals surface area contributed by atoms with Crippen LogP contribution in [0.2, 0.25) is 0 Å². The summed E-state index contributed by atoms with van der Waals surface area (Å²) in [6.45, 7) is 5.68. The van der Waals surface area contributed by atoms with E-state index < -0.39 is 18.0 Å². The molecule has 0 bridgehead atoms. The average molecular weight is 533 g/mol. The molecule has 1 N–H and O–H groups in total. The fraction of sp³-hybridized carbons (Fsp3) is 0.462. The van der Waals surface area contributed by atoms with Crippen molar-refractivity contribution in [2.75, 3.05) is 25.5 Å². The van der Waals surface area contributed by atoms with E-state index in [9.17, 15) is 22.4 Å². The van der Waals surface area contributed by atoms with Crippen molar-refractivity contribution in [3.63, 3.8) is 0 Å². The lowest BCUT2D eigenvalue weighted by Crippen LogP contribution is -2.46. The first-order chi connectivity index (χ1) is 17.9. The number of amides is 1. The molecule has 12 heteroatoms. The molecule has 0 unspecified atom stereocenters. The summed E-state index contributed by atoms with van der Waals surface area (Å²) < 4.78 is 59.5. The summed E-state index contributed by atoms with van der Waals surface area (Å²) in [6, 6.07) is 3.29. The van der Waals surface area contributed by atoms with E-state index in [0.717, 1.165) is 24.4 Å². The summed E-state index contributed by atoms with van der Waals surface area (Å²) in [5, 5.41) is 3.51. The van der Waals surface area contributed by atoms with E-state index >= 15 is 0 Å². The Morgan fingerprint density at radius 1 is 1.21 bits per heavy atom. The molecule has 1 saturated heterocycles. The molecule has 5 heterocycles. The highest BCUT2D eigenvalue weighted by atomic mass is 19.4. The third kappa shape index (κ3) is 4.56. The number of hydrogen-bond acceptors (Lipinski definition) is 6. The molecule has 1 fully saturated rings. The lowest BCUT2D eigenvalue weighted by molar-refractivity contribution is -0.205. The van der Waals surface area contributed by atoms with Gasteiger partial charge in [0, 0.05) is 42.2 Å². The number of aryl methyl sites for hydroxylation is 3. The summed E-state index contributed by atoms with van der Waals surface area (Å²) in [4.78, 5) is 27.7. The topological polar surface area (TPSA) is 85.2 Å². The number of ether oxygens (including phenoxy) is 1. The van der Waals surface area contributed by atoms with Gasteiger partial charge in [-0.15, -0.1) is 13.2 Å². The first-order valence-electron chi connectivity index (χ1n) is 12.3. The Morgan fingerprint density at radius 3 is 2.66 bits per heavy atom. The predicted molar refractivity (Wildman–Crippen MR) is 131 cm³/mol. The molecule has 0 saturated carbocycles. The lowest BCUT2D eigenvalue weighted by Gasteiger charge is -2.36. The van der Waals surface area contributed by atoms with Crippen molar-refractivity contribution in [2.45, 2.75) is 57.8 Å². The van der Waals surface area contributed by atoms with Crippen molar-refractivity contribution in [1.29, 1.82) is 0 Å². The fourth-order valence-electron chi connectivity index (χ4n) is 5.40. The number of nitrogens with one attached hydrogen (secondary N) is 1. The number of aromatic nitrogens is 4. The number of fused-ring (bicyclic) bond motifs is 1. The molecule has 0 aromatic carbocycles. The van der Waals surface area contributed by atoms with Gasteiger partial charge in [-0.25, -0.2) is 23.9 Å². The Labute approximate surface area is 217 Å². The number of anilines is 1. The lowest BCUT2D eigenvalue weighted by atomic mass is 9.86. The average Bonchev–Trinajstić information content (AvgIpc) is 3.46. The number of nitrogens with zero attached hydrogens (tertiary/aromatic N) is 5. The van der Waals surface area contributed by atoms with Gasteiger partial charge in [-0.05, 0) is 51.7 Å². The molecule has 0 radical (unpaired) electrons. The fourth-order valence-corrected chi connectivity index (χ4v) is 5.40.